The first-order valence-electron chi connectivity index (χ1n) is 7.81. The van der Waals surface area contributed by atoms with Gasteiger partial charge >= 0.3 is 0 Å². The Morgan fingerprint density at radius 2 is 1.69 bits per heavy atom. The van der Waals surface area contributed by atoms with Crippen LogP contribution in [0.3, 0.4) is 0 Å². The molecule has 2 N–H and O–H groups in total. The highest BCUT2D eigenvalue weighted by atomic mass is 35.5. The summed E-state index contributed by atoms with van der Waals surface area (Å²) in [6.07, 6.45) is 0. The van der Waals surface area contributed by atoms with E-state index in [1.807, 2.05) is 0 Å². The third kappa shape index (κ3) is 4.07. The van der Waals surface area contributed by atoms with Crippen molar-refractivity contribution in [3.63, 3.8) is 0 Å². The van der Waals surface area contributed by atoms with Crippen LogP contribution >= 0.6 is 11.6 Å². The van der Waals surface area contributed by atoms with Gasteiger partial charge in [-0.15, -0.1) is 5.10 Å². The molecule has 0 aliphatic heterocycles. The number of carbonyl (C=O) groups is 2. The van der Waals surface area contributed by atoms with Gasteiger partial charge in [0.15, 0.2) is 0 Å². The smallest absolute Gasteiger partial charge is 0.295 e. The molecule has 0 radical (unpaired) electrons. The largest absolute Gasteiger partial charge is 0.326 e. The normalized spacial score (nSPS) is 10.4. The lowest BCUT2D eigenvalue weighted by molar-refractivity contribution is -0.114. The van der Waals surface area contributed by atoms with Crippen LogP contribution in [0.5, 0.6) is 0 Å². The lowest BCUT2D eigenvalue weighted by Crippen LogP contribution is -2.14. The van der Waals surface area contributed by atoms with Gasteiger partial charge in [-0.3, -0.25) is 9.59 Å². The first kappa shape index (κ1) is 17.6. The van der Waals surface area contributed by atoms with E-state index in [0.29, 0.717) is 22.2 Å². The summed E-state index contributed by atoms with van der Waals surface area (Å²) < 4.78 is 1.57. The fourth-order valence-corrected chi connectivity index (χ4v) is 2.50. The summed E-state index contributed by atoms with van der Waals surface area (Å²) in [7, 11) is 0. The van der Waals surface area contributed by atoms with Gasteiger partial charge < -0.3 is 10.6 Å². The van der Waals surface area contributed by atoms with Crippen molar-refractivity contribution in [1.82, 2.24) is 14.8 Å². The van der Waals surface area contributed by atoms with Gasteiger partial charge in [0.1, 0.15) is 5.82 Å². The van der Waals surface area contributed by atoms with Crippen LogP contribution in [-0.2, 0) is 4.79 Å². The Bertz CT molecular complexity index is 966. The minimum Gasteiger partial charge on any atom is -0.326 e. The Labute approximate surface area is 155 Å². The predicted molar refractivity (Wildman–Crippen MR) is 99.8 cm³/mol. The number of nitrogens with zero attached hydrogens (tertiary/aromatic N) is 3. The summed E-state index contributed by atoms with van der Waals surface area (Å²) in [5, 5.41) is 10.3. The SMILES string of the molecule is CC(=O)Nc1cccc(NC(=O)c2nc(C)n(-c3ccc(Cl)cc3)n2)c1. The molecule has 3 aromatic rings. The number of nitrogens with one attached hydrogen (secondary N) is 2. The van der Waals surface area contributed by atoms with Crippen LogP contribution in [0.4, 0.5) is 11.4 Å². The standard InChI is InChI=1S/C18H16ClN5O2/c1-11-20-17(23-24(11)16-8-6-13(19)7-9-16)18(26)22-15-5-3-4-14(10-15)21-12(2)25/h3-10H,1-2H3,(H,21,25)(H,22,26). The molecule has 2 aromatic carbocycles. The van der Waals surface area contributed by atoms with E-state index in [1.54, 1.807) is 60.1 Å². The minimum absolute atomic E-state index is 0.0439. The third-order valence-corrected chi connectivity index (χ3v) is 3.74. The Kier molecular flexibility index (Phi) is 4.99. The van der Waals surface area contributed by atoms with E-state index in [0.717, 1.165) is 5.69 Å². The molecule has 0 saturated heterocycles. The topological polar surface area (TPSA) is 88.9 Å². The van der Waals surface area contributed by atoms with E-state index >= 15 is 0 Å². The van der Waals surface area contributed by atoms with E-state index in [1.165, 1.54) is 6.92 Å². The molecule has 0 bridgehead atoms. The van der Waals surface area contributed by atoms with Crippen LogP contribution in [0, 0.1) is 6.92 Å². The molecule has 0 aliphatic carbocycles. The van der Waals surface area contributed by atoms with E-state index in [-0.39, 0.29) is 11.7 Å². The zero-order valence-electron chi connectivity index (χ0n) is 14.2. The first-order chi connectivity index (χ1) is 12.4. The van der Waals surface area contributed by atoms with Crippen molar-refractivity contribution in [3.8, 4) is 5.69 Å². The molecule has 0 fully saturated rings. The van der Waals surface area contributed by atoms with Crippen LogP contribution in [0.25, 0.3) is 5.69 Å². The summed E-state index contributed by atoms with van der Waals surface area (Å²) in [5.41, 5.74) is 1.87. The molecule has 3 rings (SSSR count). The molecule has 26 heavy (non-hydrogen) atoms. The van der Waals surface area contributed by atoms with E-state index < -0.39 is 5.91 Å². The van der Waals surface area contributed by atoms with Crippen molar-refractivity contribution in [2.24, 2.45) is 0 Å². The molecule has 1 aromatic heterocycles. The second kappa shape index (κ2) is 7.37. The number of rotatable bonds is 4. The maximum atomic E-state index is 12.4. The summed E-state index contributed by atoms with van der Waals surface area (Å²) in [4.78, 5) is 27.8. The van der Waals surface area contributed by atoms with Crippen molar-refractivity contribution >= 4 is 34.8 Å². The molecule has 0 aliphatic rings. The lowest BCUT2D eigenvalue weighted by Gasteiger charge is -2.06. The number of hydrogen-bond acceptors (Lipinski definition) is 4. The number of benzene rings is 2. The second-order valence-corrected chi connectivity index (χ2v) is 6.02. The molecule has 7 nitrogen and oxygen atoms in total. The monoisotopic (exact) mass is 369 g/mol. The van der Waals surface area contributed by atoms with E-state index in [2.05, 4.69) is 20.7 Å². The second-order valence-electron chi connectivity index (χ2n) is 5.59. The molecule has 0 unspecified atom stereocenters. The van der Waals surface area contributed by atoms with Gasteiger partial charge in [-0.1, -0.05) is 17.7 Å². The highest BCUT2D eigenvalue weighted by Crippen LogP contribution is 2.17. The Hall–Kier alpha value is -3.19. The first-order valence-corrected chi connectivity index (χ1v) is 8.19. The summed E-state index contributed by atoms with van der Waals surface area (Å²) >= 11 is 5.89. The van der Waals surface area contributed by atoms with Crippen molar-refractivity contribution in [1.29, 1.82) is 0 Å². The van der Waals surface area contributed by atoms with Gasteiger partial charge in [-0.2, -0.15) is 0 Å². The molecule has 0 spiro atoms. The third-order valence-electron chi connectivity index (χ3n) is 3.48. The zero-order valence-corrected chi connectivity index (χ0v) is 14.9. The minimum atomic E-state index is -0.444. The molecule has 132 valence electrons. The Balaban J connectivity index is 1.80. The van der Waals surface area contributed by atoms with Gasteiger partial charge in [0.25, 0.3) is 5.91 Å². The van der Waals surface area contributed by atoms with Crippen LogP contribution in [0.2, 0.25) is 5.02 Å². The summed E-state index contributed by atoms with van der Waals surface area (Å²) in [6.45, 7) is 3.18. The van der Waals surface area contributed by atoms with Crippen LogP contribution in [-0.4, -0.2) is 26.6 Å². The molecule has 1 heterocycles. The number of aromatic nitrogens is 3. The highest BCUT2D eigenvalue weighted by Gasteiger charge is 2.15. The fraction of sp³-hybridized carbons (Fsp3) is 0.111. The molecular weight excluding hydrogens is 354 g/mol. The Morgan fingerprint density at radius 3 is 2.35 bits per heavy atom. The van der Waals surface area contributed by atoms with Gasteiger partial charge in [-0.25, -0.2) is 9.67 Å². The molecule has 0 atom stereocenters. The summed E-state index contributed by atoms with van der Waals surface area (Å²) in [5.74, 6) is -0.0138. The van der Waals surface area contributed by atoms with Gasteiger partial charge in [-0.05, 0) is 49.4 Å². The van der Waals surface area contributed by atoms with E-state index in [4.69, 9.17) is 11.6 Å². The zero-order chi connectivity index (χ0) is 18.7. The number of amides is 2. The average Bonchev–Trinajstić information content (AvgIpc) is 2.97. The number of halogens is 1. The molecule has 0 saturated carbocycles. The maximum Gasteiger partial charge on any atom is 0.295 e. The van der Waals surface area contributed by atoms with Crippen LogP contribution in [0.1, 0.15) is 23.4 Å². The number of hydrogen-bond donors (Lipinski definition) is 2. The molecule has 8 heteroatoms. The lowest BCUT2D eigenvalue weighted by atomic mass is 10.2. The van der Waals surface area contributed by atoms with Crippen molar-refractivity contribution < 1.29 is 9.59 Å². The van der Waals surface area contributed by atoms with Crippen LogP contribution in [0.15, 0.2) is 48.5 Å². The quantitative estimate of drug-likeness (QED) is 0.737. The highest BCUT2D eigenvalue weighted by molar-refractivity contribution is 6.30. The van der Waals surface area contributed by atoms with Crippen molar-refractivity contribution in [3.05, 3.63) is 65.2 Å². The van der Waals surface area contributed by atoms with Gasteiger partial charge in [0.05, 0.1) is 5.69 Å². The van der Waals surface area contributed by atoms with Gasteiger partial charge in [0.2, 0.25) is 11.7 Å². The van der Waals surface area contributed by atoms with Gasteiger partial charge in [0, 0.05) is 23.3 Å². The predicted octanol–water partition coefficient (Wildman–Crippen LogP) is 3.44. The van der Waals surface area contributed by atoms with E-state index in [9.17, 15) is 9.59 Å². The van der Waals surface area contributed by atoms with Crippen molar-refractivity contribution in [2.75, 3.05) is 10.6 Å². The average molecular weight is 370 g/mol. The fourth-order valence-electron chi connectivity index (χ4n) is 2.38. The number of aryl methyl sites for hydroxylation is 1. The maximum absolute atomic E-state index is 12.4. The number of carbonyl (C=O) groups excluding carboxylic acids is 2. The number of anilines is 2. The molecule has 2 amide bonds. The summed E-state index contributed by atoms with van der Waals surface area (Å²) in [6, 6.07) is 13.9. The molecular formula is C18H16ClN5O2. The Morgan fingerprint density at radius 1 is 1.04 bits per heavy atom. The van der Waals surface area contributed by atoms with Crippen molar-refractivity contribution in [2.45, 2.75) is 13.8 Å². The van der Waals surface area contributed by atoms with Crippen LogP contribution < -0.4 is 10.6 Å².